The predicted octanol–water partition coefficient (Wildman–Crippen LogP) is -0.892. The molecule has 0 heterocycles. The van der Waals surface area contributed by atoms with Crippen LogP contribution in [-0.4, -0.2) is 50.0 Å². The van der Waals surface area contributed by atoms with E-state index in [1.54, 1.807) is 14.0 Å². The molecule has 5 nitrogen and oxygen atoms in total. The fraction of sp³-hybridized carbons (Fsp3) is 0.889. The molecule has 0 saturated heterocycles. The first-order valence-electron chi connectivity index (χ1n) is 4.75. The number of hydrogen-bond donors (Lipinski definition) is 3. The summed E-state index contributed by atoms with van der Waals surface area (Å²) in [7, 11) is 1.58. The summed E-state index contributed by atoms with van der Waals surface area (Å²) in [4.78, 5) is 11.1. The van der Waals surface area contributed by atoms with Gasteiger partial charge in [-0.1, -0.05) is 0 Å². The molecule has 0 bridgehead atoms. The molecule has 14 heavy (non-hydrogen) atoms. The van der Waals surface area contributed by atoms with Crippen molar-refractivity contribution >= 4 is 5.91 Å². The molecule has 0 aromatic carbocycles. The zero-order valence-electron chi connectivity index (χ0n) is 9.04. The van der Waals surface area contributed by atoms with Crippen molar-refractivity contribution in [1.82, 2.24) is 10.6 Å². The Morgan fingerprint density at radius 1 is 1.50 bits per heavy atom. The van der Waals surface area contributed by atoms with Crippen molar-refractivity contribution in [1.29, 1.82) is 0 Å². The highest BCUT2D eigenvalue weighted by Crippen LogP contribution is 1.88. The van der Waals surface area contributed by atoms with Crippen LogP contribution in [0.5, 0.6) is 0 Å². The standard InChI is InChI=1S/C9H20N2O3/c1-7(8(2)12)11-6-9(13)10-4-5-14-3/h7-8,11-12H,4-6H2,1-3H3,(H,10,13). The predicted molar refractivity (Wildman–Crippen MR) is 54.0 cm³/mol. The Kier molecular flexibility index (Phi) is 7.37. The average Bonchev–Trinajstić information content (AvgIpc) is 2.14. The maximum atomic E-state index is 11.1. The molecular weight excluding hydrogens is 184 g/mol. The van der Waals surface area contributed by atoms with E-state index in [0.29, 0.717) is 13.2 Å². The lowest BCUT2D eigenvalue weighted by Crippen LogP contribution is -2.42. The minimum Gasteiger partial charge on any atom is -0.392 e. The monoisotopic (exact) mass is 204 g/mol. The quantitative estimate of drug-likeness (QED) is 0.470. The molecule has 0 aliphatic carbocycles. The van der Waals surface area contributed by atoms with Crippen LogP contribution in [0.4, 0.5) is 0 Å². The molecule has 0 aromatic heterocycles. The highest BCUT2D eigenvalue weighted by molar-refractivity contribution is 5.77. The number of nitrogens with one attached hydrogen (secondary N) is 2. The second kappa shape index (κ2) is 7.73. The maximum absolute atomic E-state index is 11.1. The van der Waals surface area contributed by atoms with Gasteiger partial charge in [0.25, 0.3) is 0 Å². The second-order valence-electron chi connectivity index (χ2n) is 3.25. The minimum absolute atomic E-state index is 0.0804. The Morgan fingerprint density at radius 2 is 2.14 bits per heavy atom. The Balaban J connectivity index is 3.44. The summed E-state index contributed by atoms with van der Waals surface area (Å²) in [5, 5.41) is 14.7. The Hall–Kier alpha value is -0.650. The van der Waals surface area contributed by atoms with Gasteiger partial charge in [0, 0.05) is 19.7 Å². The topological polar surface area (TPSA) is 70.6 Å². The molecule has 2 unspecified atom stereocenters. The molecule has 0 spiro atoms. The van der Waals surface area contributed by atoms with Gasteiger partial charge >= 0.3 is 0 Å². The van der Waals surface area contributed by atoms with E-state index < -0.39 is 6.10 Å². The highest BCUT2D eigenvalue weighted by Gasteiger charge is 2.09. The third kappa shape index (κ3) is 6.82. The first-order valence-corrected chi connectivity index (χ1v) is 4.75. The van der Waals surface area contributed by atoms with E-state index in [2.05, 4.69) is 10.6 Å². The summed E-state index contributed by atoms with van der Waals surface area (Å²) in [6.45, 7) is 4.75. The van der Waals surface area contributed by atoms with Crippen molar-refractivity contribution in [3.05, 3.63) is 0 Å². The van der Waals surface area contributed by atoms with Gasteiger partial charge in [-0.25, -0.2) is 0 Å². The van der Waals surface area contributed by atoms with Crippen molar-refractivity contribution in [3.63, 3.8) is 0 Å². The molecule has 2 atom stereocenters. The Bertz CT molecular complexity index is 162. The zero-order valence-corrected chi connectivity index (χ0v) is 9.04. The van der Waals surface area contributed by atoms with Crippen LogP contribution >= 0.6 is 0 Å². The zero-order chi connectivity index (χ0) is 11.0. The number of rotatable bonds is 7. The molecule has 0 fully saturated rings. The van der Waals surface area contributed by atoms with E-state index in [-0.39, 0.29) is 18.5 Å². The van der Waals surface area contributed by atoms with E-state index >= 15 is 0 Å². The van der Waals surface area contributed by atoms with Crippen LogP contribution in [0.15, 0.2) is 0 Å². The van der Waals surface area contributed by atoms with Gasteiger partial charge in [0.05, 0.1) is 19.3 Å². The summed E-state index contributed by atoms with van der Waals surface area (Å²) in [5.41, 5.74) is 0. The molecular formula is C9H20N2O3. The summed E-state index contributed by atoms with van der Waals surface area (Å²) < 4.78 is 4.78. The lowest BCUT2D eigenvalue weighted by molar-refractivity contribution is -0.120. The number of methoxy groups -OCH3 is 1. The van der Waals surface area contributed by atoms with Gasteiger partial charge in [0.1, 0.15) is 0 Å². The number of aliphatic hydroxyl groups is 1. The van der Waals surface area contributed by atoms with Gasteiger partial charge in [0.15, 0.2) is 0 Å². The van der Waals surface area contributed by atoms with Gasteiger partial charge in [-0.3, -0.25) is 4.79 Å². The molecule has 0 rings (SSSR count). The number of amides is 1. The third-order valence-electron chi connectivity index (χ3n) is 1.94. The first kappa shape index (κ1) is 13.4. The number of carbonyl (C=O) groups is 1. The summed E-state index contributed by atoms with van der Waals surface area (Å²) in [5.74, 6) is -0.0884. The van der Waals surface area contributed by atoms with Gasteiger partial charge < -0.3 is 20.5 Å². The first-order chi connectivity index (χ1) is 6.57. The Labute approximate surface area is 84.8 Å². The fourth-order valence-electron chi connectivity index (χ4n) is 0.779. The summed E-state index contributed by atoms with van der Waals surface area (Å²) >= 11 is 0. The van der Waals surface area contributed by atoms with Gasteiger partial charge in [-0.15, -0.1) is 0 Å². The molecule has 0 radical (unpaired) electrons. The number of aliphatic hydroxyl groups excluding tert-OH is 1. The van der Waals surface area contributed by atoms with Gasteiger partial charge in [0.2, 0.25) is 5.91 Å². The van der Waals surface area contributed by atoms with Gasteiger partial charge in [-0.05, 0) is 13.8 Å². The number of carbonyl (C=O) groups excluding carboxylic acids is 1. The van der Waals surface area contributed by atoms with Crippen molar-refractivity contribution in [2.75, 3.05) is 26.8 Å². The van der Waals surface area contributed by atoms with Gasteiger partial charge in [-0.2, -0.15) is 0 Å². The van der Waals surface area contributed by atoms with Crippen LogP contribution in [0.1, 0.15) is 13.8 Å². The van der Waals surface area contributed by atoms with Crippen molar-refractivity contribution in [3.8, 4) is 0 Å². The van der Waals surface area contributed by atoms with Crippen molar-refractivity contribution in [2.24, 2.45) is 0 Å². The van der Waals surface area contributed by atoms with Crippen LogP contribution in [-0.2, 0) is 9.53 Å². The maximum Gasteiger partial charge on any atom is 0.234 e. The normalized spacial score (nSPS) is 14.9. The van der Waals surface area contributed by atoms with Crippen molar-refractivity contribution < 1.29 is 14.6 Å². The molecule has 0 saturated carbocycles. The van der Waals surface area contributed by atoms with Crippen LogP contribution < -0.4 is 10.6 Å². The molecule has 84 valence electrons. The van der Waals surface area contributed by atoms with Crippen LogP contribution in [0.3, 0.4) is 0 Å². The number of ether oxygens (including phenoxy) is 1. The molecule has 0 aromatic rings. The van der Waals surface area contributed by atoms with Crippen LogP contribution in [0, 0.1) is 0 Å². The molecule has 1 amide bonds. The average molecular weight is 204 g/mol. The molecule has 5 heteroatoms. The SMILES string of the molecule is COCCNC(=O)CNC(C)C(C)O. The largest absolute Gasteiger partial charge is 0.392 e. The lowest BCUT2D eigenvalue weighted by Gasteiger charge is -2.15. The van der Waals surface area contributed by atoms with Crippen molar-refractivity contribution in [2.45, 2.75) is 26.0 Å². The van der Waals surface area contributed by atoms with E-state index in [1.807, 2.05) is 6.92 Å². The van der Waals surface area contributed by atoms with E-state index in [1.165, 1.54) is 0 Å². The van der Waals surface area contributed by atoms with E-state index in [9.17, 15) is 4.79 Å². The highest BCUT2D eigenvalue weighted by atomic mass is 16.5. The summed E-state index contributed by atoms with van der Waals surface area (Å²) in [6.07, 6.45) is -0.457. The fourth-order valence-corrected chi connectivity index (χ4v) is 0.779. The lowest BCUT2D eigenvalue weighted by atomic mass is 10.2. The molecule has 0 aliphatic rings. The second-order valence-corrected chi connectivity index (χ2v) is 3.25. The summed E-state index contributed by atoms with van der Waals surface area (Å²) in [6, 6.07) is -0.0804. The third-order valence-corrected chi connectivity index (χ3v) is 1.94. The van der Waals surface area contributed by atoms with E-state index in [0.717, 1.165) is 0 Å². The minimum atomic E-state index is -0.457. The Morgan fingerprint density at radius 3 is 2.64 bits per heavy atom. The molecule has 0 aliphatic heterocycles. The van der Waals surface area contributed by atoms with Crippen LogP contribution in [0.2, 0.25) is 0 Å². The smallest absolute Gasteiger partial charge is 0.234 e. The van der Waals surface area contributed by atoms with Crippen LogP contribution in [0.25, 0.3) is 0 Å². The number of hydrogen-bond acceptors (Lipinski definition) is 4. The van der Waals surface area contributed by atoms with E-state index in [4.69, 9.17) is 9.84 Å². The molecule has 3 N–H and O–H groups in total.